The van der Waals surface area contributed by atoms with Crippen LogP contribution >= 0.6 is 0 Å². The quantitative estimate of drug-likeness (QED) is 0.736. The average molecular weight is 236 g/mol. The summed E-state index contributed by atoms with van der Waals surface area (Å²) in [4.78, 5) is 10.9. The fourth-order valence-corrected chi connectivity index (χ4v) is 1.46. The Bertz CT molecular complexity index is 435. The summed E-state index contributed by atoms with van der Waals surface area (Å²) in [7, 11) is 4.64. The number of carbonyl (C=O) groups excluding carboxylic acids is 1. The molecule has 0 saturated carbocycles. The van der Waals surface area contributed by atoms with Crippen molar-refractivity contribution in [1.29, 1.82) is 0 Å². The predicted octanol–water partition coefficient (Wildman–Crippen LogP) is 2.31. The topological polar surface area (TPSA) is 44.8 Å². The lowest BCUT2D eigenvalue weighted by Gasteiger charge is -2.13. The second kappa shape index (κ2) is 5.94. The molecule has 0 spiro atoms. The van der Waals surface area contributed by atoms with Gasteiger partial charge in [0.2, 0.25) is 5.75 Å². The van der Waals surface area contributed by atoms with Crippen LogP contribution in [-0.4, -0.2) is 27.1 Å². The maximum atomic E-state index is 10.9. The summed E-state index contributed by atoms with van der Waals surface area (Å²) in [6, 6.07) is 3.57. The van der Waals surface area contributed by atoms with Gasteiger partial charge in [-0.2, -0.15) is 0 Å². The van der Waals surface area contributed by atoms with Gasteiger partial charge in [-0.05, 0) is 31.2 Å². The lowest BCUT2D eigenvalue weighted by atomic mass is 10.1. The van der Waals surface area contributed by atoms with Crippen LogP contribution in [0.4, 0.5) is 0 Å². The first-order valence-electron chi connectivity index (χ1n) is 5.11. The summed E-state index contributed by atoms with van der Waals surface area (Å²) in [5.41, 5.74) is 0.764. The molecule has 1 rings (SSSR count). The molecule has 0 aliphatic carbocycles. The van der Waals surface area contributed by atoms with Crippen LogP contribution in [0.3, 0.4) is 0 Å². The monoisotopic (exact) mass is 236 g/mol. The van der Waals surface area contributed by atoms with Crippen molar-refractivity contribution in [3.63, 3.8) is 0 Å². The second-order valence-corrected chi connectivity index (χ2v) is 3.37. The smallest absolute Gasteiger partial charge is 0.203 e. The summed E-state index contributed by atoms with van der Waals surface area (Å²) < 4.78 is 15.7. The van der Waals surface area contributed by atoms with Gasteiger partial charge in [0.15, 0.2) is 17.3 Å². The third-order valence-electron chi connectivity index (χ3n) is 2.23. The van der Waals surface area contributed by atoms with Gasteiger partial charge in [-0.25, -0.2) is 0 Å². The standard InChI is InChI=1S/C13H16O4/c1-9(14)5-6-10-7-8-11(15-2)13(17-4)12(10)16-3/h5-8H,1-4H3/b6-5+. The number of allylic oxidation sites excluding steroid dienone is 1. The molecule has 0 aliphatic rings. The van der Waals surface area contributed by atoms with Crippen molar-refractivity contribution < 1.29 is 19.0 Å². The molecular weight excluding hydrogens is 220 g/mol. The van der Waals surface area contributed by atoms with Crippen molar-refractivity contribution in [3.05, 3.63) is 23.8 Å². The Balaban J connectivity index is 3.28. The number of carbonyl (C=O) groups is 1. The molecule has 4 nitrogen and oxygen atoms in total. The zero-order valence-electron chi connectivity index (χ0n) is 10.4. The zero-order valence-corrected chi connectivity index (χ0v) is 10.4. The van der Waals surface area contributed by atoms with Crippen molar-refractivity contribution in [2.24, 2.45) is 0 Å². The van der Waals surface area contributed by atoms with E-state index in [1.807, 2.05) is 0 Å². The molecule has 92 valence electrons. The highest BCUT2D eigenvalue weighted by Gasteiger charge is 2.13. The minimum absolute atomic E-state index is 0.0261. The minimum Gasteiger partial charge on any atom is -0.493 e. The van der Waals surface area contributed by atoms with Crippen LogP contribution in [0.15, 0.2) is 18.2 Å². The summed E-state index contributed by atoms with van der Waals surface area (Å²) in [5.74, 6) is 1.62. The van der Waals surface area contributed by atoms with Gasteiger partial charge in [0.1, 0.15) is 0 Å². The molecular formula is C13H16O4. The number of ether oxygens (including phenoxy) is 3. The number of hydrogen-bond donors (Lipinski definition) is 0. The Labute approximate surface area is 101 Å². The van der Waals surface area contributed by atoms with Crippen molar-refractivity contribution in [3.8, 4) is 17.2 Å². The zero-order chi connectivity index (χ0) is 12.8. The molecule has 1 aromatic rings. The van der Waals surface area contributed by atoms with E-state index in [1.54, 1.807) is 39.5 Å². The fourth-order valence-electron chi connectivity index (χ4n) is 1.46. The highest BCUT2D eigenvalue weighted by Crippen LogP contribution is 2.40. The fraction of sp³-hybridized carbons (Fsp3) is 0.308. The van der Waals surface area contributed by atoms with E-state index in [-0.39, 0.29) is 5.78 Å². The van der Waals surface area contributed by atoms with E-state index in [0.717, 1.165) is 5.56 Å². The van der Waals surface area contributed by atoms with Crippen molar-refractivity contribution >= 4 is 11.9 Å². The minimum atomic E-state index is -0.0261. The molecule has 0 radical (unpaired) electrons. The van der Waals surface area contributed by atoms with Crippen LogP contribution in [-0.2, 0) is 4.79 Å². The van der Waals surface area contributed by atoms with E-state index in [1.165, 1.54) is 13.0 Å². The molecule has 0 heterocycles. The van der Waals surface area contributed by atoms with Gasteiger partial charge in [-0.15, -0.1) is 0 Å². The first-order chi connectivity index (χ1) is 8.13. The van der Waals surface area contributed by atoms with Crippen molar-refractivity contribution in [1.82, 2.24) is 0 Å². The molecule has 0 unspecified atom stereocenters. The molecule has 0 bridgehead atoms. The summed E-state index contributed by atoms with van der Waals surface area (Å²) >= 11 is 0. The van der Waals surface area contributed by atoms with Crippen LogP contribution in [0.25, 0.3) is 6.08 Å². The number of hydrogen-bond acceptors (Lipinski definition) is 4. The Hall–Kier alpha value is -1.97. The summed E-state index contributed by atoms with van der Waals surface area (Å²) in [6.07, 6.45) is 3.16. The van der Waals surface area contributed by atoms with E-state index in [4.69, 9.17) is 14.2 Å². The molecule has 1 aromatic carbocycles. The Morgan fingerprint density at radius 3 is 2.18 bits per heavy atom. The normalized spacial score (nSPS) is 10.4. The first kappa shape index (κ1) is 13.1. The highest BCUT2D eigenvalue weighted by molar-refractivity contribution is 5.92. The van der Waals surface area contributed by atoms with Crippen LogP contribution < -0.4 is 14.2 Å². The molecule has 4 heteroatoms. The average Bonchev–Trinajstić information content (AvgIpc) is 2.34. The van der Waals surface area contributed by atoms with Gasteiger partial charge in [-0.1, -0.05) is 0 Å². The number of ketones is 1. The van der Waals surface area contributed by atoms with Gasteiger partial charge in [0.25, 0.3) is 0 Å². The lowest BCUT2D eigenvalue weighted by molar-refractivity contribution is -0.112. The SMILES string of the molecule is COc1ccc(/C=C/C(C)=O)c(OC)c1OC. The van der Waals surface area contributed by atoms with Crippen LogP contribution in [0, 0.1) is 0 Å². The Morgan fingerprint density at radius 2 is 1.71 bits per heavy atom. The molecule has 0 aliphatic heterocycles. The highest BCUT2D eigenvalue weighted by atomic mass is 16.5. The molecule has 0 atom stereocenters. The van der Waals surface area contributed by atoms with Crippen LogP contribution in [0.1, 0.15) is 12.5 Å². The molecule has 0 amide bonds. The van der Waals surface area contributed by atoms with Gasteiger partial charge < -0.3 is 14.2 Å². The third kappa shape index (κ3) is 3.00. The largest absolute Gasteiger partial charge is 0.493 e. The first-order valence-corrected chi connectivity index (χ1v) is 5.11. The number of methoxy groups -OCH3 is 3. The van der Waals surface area contributed by atoms with Gasteiger partial charge in [0, 0.05) is 5.56 Å². The van der Waals surface area contributed by atoms with E-state index in [0.29, 0.717) is 17.2 Å². The number of benzene rings is 1. The predicted molar refractivity (Wildman–Crippen MR) is 65.8 cm³/mol. The van der Waals surface area contributed by atoms with E-state index < -0.39 is 0 Å². The summed E-state index contributed by atoms with van der Waals surface area (Å²) in [6.45, 7) is 1.49. The Kier molecular flexibility index (Phi) is 4.57. The Morgan fingerprint density at radius 1 is 1.06 bits per heavy atom. The van der Waals surface area contributed by atoms with Gasteiger partial charge >= 0.3 is 0 Å². The van der Waals surface area contributed by atoms with E-state index in [2.05, 4.69) is 0 Å². The van der Waals surface area contributed by atoms with Gasteiger partial charge in [0.05, 0.1) is 21.3 Å². The third-order valence-corrected chi connectivity index (χ3v) is 2.23. The van der Waals surface area contributed by atoms with Crippen LogP contribution in [0.2, 0.25) is 0 Å². The molecule has 0 aromatic heterocycles. The van der Waals surface area contributed by atoms with Crippen molar-refractivity contribution in [2.75, 3.05) is 21.3 Å². The molecule has 0 saturated heterocycles. The second-order valence-electron chi connectivity index (χ2n) is 3.37. The summed E-state index contributed by atoms with van der Waals surface area (Å²) in [5, 5.41) is 0. The maximum Gasteiger partial charge on any atom is 0.203 e. The van der Waals surface area contributed by atoms with Crippen molar-refractivity contribution in [2.45, 2.75) is 6.92 Å². The molecule has 0 fully saturated rings. The molecule has 0 N–H and O–H groups in total. The number of rotatable bonds is 5. The molecule has 17 heavy (non-hydrogen) atoms. The van der Waals surface area contributed by atoms with E-state index >= 15 is 0 Å². The van der Waals surface area contributed by atoms with E-state index in [9.17, 15) is 4.79 Å². The van der Waals surface area contributed by atoms with Crippen LogP contribution in [0.5, 0.6) is 17.2 Å². The maximum absolute atomic E-state index is 10.9. The lowest BCUT2D eigenvalue weighted by Crippen LogP contribution is -1.96. The van der Waals surface area contributed by atoms with Gasteiger partial charge in [-0.3, -0.25) is 4.79 Å².